The van der Waals surface area contributed by atoms with E-state index in [0.29, 0.717) is 16.9 Å². The van der Waals surface area contributed by atoms with Crippen molar-refractivity contribution in [1.82, 2.24) is 0 Å². The fourth-order valence-corrected chi connectivity index (χ4v) is 3.40. The quantitative estimate of drug-likeness (QED) is 0.197. The Balaban J connectivity index is 1.82. The van der Waals surface area contributed by atoms with E-state index in [1.165, 1.54) is 19.4 Å². The van der Waals surface area contributed by atoms with Gasteiger partial charge in [-0.2, -0.15) is 0 Å². The molecule has 3 aromatic carbocycles. The minimum absolute atomic E-state index is 0.00239. The maximum absolute atomic E-state index is 13.2. The van der Waals surface area contributed by atoms with Crippen LogP contribution in [0.3, 0.4) is 0 Å². The van der Waals surface area contributed by atoms with Gasteiger partial charge >= 0.3 is 5.97 Å². The van der Waals surface area contributed by atoms with E-state index in [4.69, 9.17) is 0 Å². The van der Waals surface area contributed by atoms with Crippen molar-refractivity contribution in [3.8, 4) is 0 Å². The summed E-state index contributed by atoms with van der Waals surface area (Å²) in [7, 11) is 1.20. The molecular weight excluding hydrogens is 444 g/mol. The molecule has 1 N–H and O–H groups in total. The second-order valence-corrected chi connectivity index (χ2v) is 7.84. The van der Waals surface area contributed by atoms with E-state index in [9.17, 15) is 19.2 Å². The molecule has 0 spiro atoms. The molecule has 0 bridgehead atoms. The monoisotopic (exact) mass is 470 g/mol. The minimum atomic E-state index is -0.668. The molecule has 178 valence electrons. The highest BCUT2D eigenvalue weighted by Gasteiger charge is 2.17. The lowest BCUT2D eigenvalue weighted by Crippen LogP contribution is -2.17. The zero-order valence-corrected chi connectivity index (χ0v) is 19.6. The largest absolute Gasteiger partial charge is 0.469 e. The molecule has 3 aromatic rings. The first-order valence-electron chi connectivity index (χ1n) is 11.1. The molecule has 0 aliphatic heterocycles. The van der Waals surface area contributed by atoms with Crippen LogP contribution < -0.4 is 5.32 Å². The third-order valence-corrected chi connectivity index (χ3v) is 5.40. The topological polar surface area (TPSA) is 102 Å². The Labute approximate surface area is 203 Å². The molecule has 1 amide bonds. The van der Waals surface area contributed by atoms with Gasteiger partial charge in [0, 0.05) is 29.8 Å². The lowest BCUT2D eigenvalue weighted by Gasteiger charge is -2.10. The van der Waals surface area contributed by atoms with Crippen LogP contribution in [0, 0.1) is 0 Å². The van der Waals surface area contributed by atoms with E-state index in [1.54, 1.807) is 42.5 Å². The molecule has 35 heavy (non-hydrogen) atoms. The number of methoxy groups -OCH3 is 1. The molecule has 0 aliphatic rings. The van der Waals surface area contributed by atoms with Crippen molar-refractivity contribution in [2.75, 3.05) is 12.4 Å². The summed E-state index contributed by atoms with van der Waals surface area (Å²) in [4.78, 5) is 53.6. The second-order valence-electron chi connectivity index (χ2n) is 7.84. The predicted octanol–water partition coefficient (Wildman–Crippen LogP) is 4.88. The summed E-state index contributed by atoms with van der Waals surface area (Å²) < 4.78 is 4.51. The molecule has 7 heteroatoms. The Hall–Kier alpha value is -4.39. The molecule has 1 atom stereocenters. The number of aliphatic imine (C=N–C) groups is 1. The van der Waals surface area contributed by atoms with Crippen LogP contribution in [-0.2, 0) is 19.1 Å². The zero-order chi connectivity index (χ0) is 25.2. The summed E-state index contributed by atoms with van der Waals surface area (Å²) in [6.45, 7) is 1.85. The zero-order valence-electron chi connectivity index (χ0n) is 19.6. The number of esters is 1. The number of hydrogen-bond acceptors (Lipinski definition) is 6. The van der Waals surface area contributed by atoms with Crippen LogP contribution >= 0.6 is 0 Å². The molecule has 0 radical (unpaired) electrons. The fourth-order valence-electron chi connectivity index (χ4n) is 3.40. The van der Waals surface area contributed by atoms with Crippen LogP contribution in [0.4, 0.5) is 11.4 Å². The number of carbonyl (C=O) groups excluding carboxylic acids is 4. The number of ether oxygens (including phenoxy) is 1. The summed E-state index contributed by atoms with van der Waals surface area (Å²) >= 11 is 0. The Kier molecular flexibility index (Phi) is 8.78. The van der Waals surface area contributed by atoms with E-state index in [2.05, 4.69) is 15.0 Å². The van der Waals surface area contributed by atoms with Crippen molar-refractivity contribution in [2.45, 2.75) is 25.7 Å². The Morgan fingerprint density at radius 2 is 1.60 bits per heavy atom. The maximum Gasteiger partial charge on any atom is 0.315 e. The third-order valence-electron chi connectivity index (χ3n) is 5.40. The standard InChI is InChI=1S/C28H26N2O5/c1-19(20-9-5-3-6-10-20)25(31)15-16-29-24-14-13-22(30-26(32)18-27(33)35-2)17-23(24)28(34)21-11-7-4-8-12-21/h3-14,16-17,19H,15,18H2,1-2H3,(H,30,32). The summed E-state index contributed by atoms with van der Waals surface area (Å²) in [5.41, 5.74) is 2.34. The van der Waals surface area contributed by atoms with Crippen LogP contribution in [0.5, 0.6) is 0 Å². The van der Waals surface area contributed by atoms with Crippen molar-refractivity contribution < 1.29 is 23.9 Å². The molecule has 3 rings (SSSR count). The van der Waals surface area contributed by atoms with Crippen molar-refractivity contribution in [2.24, 2.45) is 4.99 Å². The predicted molar refractivity (Wildman–Crippen MR) is 134 cm³/mol. The lowest BCUT2D eigenvalue weighted by atomic mass is 9.95. The van der Waals surface area contributed by atoms with E-state index in [1.807, 2.05) is 37.3 Å². The highest BCUT2D eigenvalue weighted by molar-refractivity contribution is 6.13. The number of benzene rings is 3. The first-order chi connectivity index (χ1) is 16.9. The molecule has 1 unspecified atom stereocenters. The number of hydrogen-bond donors (Lipinski definition) is 1. The molecular formula is C28H26N2O5. The third kappa shape index (κ3) is 7.04. The number of anilines is 1. The van der Waals surface area contributed by atoms with Crippen LogP contribution in [0.2, 0.25) is 0 Å². The summed E-state index contributed by atoms with van der Waals surface area (Å²) in [5.74, 6) is -1.79. The van der Waals surface area contributed by atoms with Crippen LogP contribution in [0.25, 0.3) is 0 Å². The number of amides is 1. The molecule has 0 saturated carbocycles. The van der Waals surface area contributed by atoms with E-state index in [-0.39, 0.29) is 29.5 Å². The number of ketones is 2. The number of nitrogens with zero attached hydrogens (tertiary/aromatic N) is 1. The van der Waals surface area contributed by atoms with Crippen molar-refractivity contribution in [3.63, 3.8) is 0 Å². The van der Waals surface area contributed by atoms with Crippen molar-refractivity contribution in [3.05, 3.63) is 95.6 Å². The minimum Gasteiger partial charge on any atom is -0.469 e. The number of carbonyl (C=O) groups is 4. The molecule has 0 aliphatic carbocycles. The molecule has 0 fully saturated rings. The van der Waals surface area contributed by atoms with Gasteiger partial charge in [-0.1, -0.05) is 67.6 Å². The number of rotatable bonds is 10. The summed E-state index contributed by atoms with van der Waals surface area (Å²) in [6, 6.07) is 22.8. The normalized spacial score (nSPS) is 11.6. The van der Waals surface area contributed by atoms with Crippen LogP contribution in [-0.4, -0.2) is 36.8 Å². The second kappa shape index (κ2) is 12.2. The highest BCUT2D eigenvalue weighted by atomic mass is 16.5. The van der Waals surface area contributed by atoms with Crippen LogP contribution in [0.15, 0.2) is 83.9 Å². The van der Waals surface area contributed by atoms with Gasteiger partial charge in [0.2, 0.25) is 5.91 Å². The Morgan fingerprint density at radius 1 is 0.943 bits per heavy atom. The average molecular weight is 471 g/mol. The van der Waals surface area contributed by atoms with Gasteiger partial charge in [0.25, 0.3) is 0 Å². The highest BCUT2D eigenvalue weighted by Crippen LogP contribution is 2.26. The fraction of sp³-hybridized carbons (Fsp3) is 0.179. The van der Waals surface area contributed by atoms with Gasteiger partial charge < -0.3 is 10.1 Å². The molecule has 0 aromatic heterocycles. The van der Waals surface area contributed by atoms with E-state index in [0.717, 1.165) is 5.56 Å². The SMILES string of the molecule is COC(=O)CC(=O)Nc1ccc(N=CCC(=O)C(C)c2ccccc2)c(C(=O)c2ccccc2)c1. The smallest absolute Gasteiger partial charge is 0.315 e. The Bertz CT molecular complexity index is 1240. The maximum atomic E-state index is 13.2. The average Bonchev–Trinajstić information content (AvgIpc) is 2.89. The lowest BCUT2D eigenvalue weighted by molar-refractivity contribution is -0.142. The molecule has 0 heterocycles. The van der Waals surface area contributed by atoms with Gasteiger partial charge in [-0.25, -0.2) is 0 Å². The number of Topliss-reactive ketones (excluding diaryl/α,β-unsaturated/α-hetero) is 1. The first kappa shape index (κ1) is 25.2. The van der Waals surface area contributed by atoms with Gasteiger partial charge in [0.15, 0.2) is 5.78 Å². The van der Waals surface area contributed by atoms with Gasteiger partial charge in [-0.05, 0) is 23.8 Å². The van der Waals surface area contributed by atoms with E-state index >= 15 is 0 Å². The molecule has 7 nitrogen and oxygen atoms in total. The Morgan fingerprint density at radius 3 is 2.26 bits per heavy atom. The summed E-state index contributed by atoms with van der Waals surface area (Å²) in [5, 5.41) is 2.59. The first-order valence-corrected chi connectivity index (χ1v) is 11.1. The molecule has 0 saturated heterocycles. The van der Waals surface area contributed by atoms with Gasteiger partial charge in [-0.15, -0.1) is 0 Å². The van der Waals surface area contributed by atoms with E-state index < -0.39 is 18.3 Å². The summed E-state index contributed by atoms with van der Waals surface area (Å²) in [6.07, 6.45) is 1.15. The van der Waals surface area contributed by atoms with Gasteiger partial charge in [-0.3, -0.25) is 24.2 Å². The van der Waals surface area contributed by atoms with Crippen LogP contribution in [0.1, 0.15) is 47.2 Å². The van der Waals surface area contributed by atoms with Crippen molar-refractivity contribution >= 4 is 41.0 Å². The van der Waals surface area contributed by atoms with Gasteiger partial charge in [0.1, 0.15) is 12.2 Å². The van der Waals surface area contributed by atoms with Crippen molar-refractivity contribution in [1.29, 1.82) is 0 Å². The number of nitrogens with one attached hydrogen (secondary N) is 1. The van der Waals surface area contributed by atoms with Gasteiger partial charge in [0.05, 0.1) is 18.4 Å².